The van der Waals surface area contributed by atoms with E-state index >= 15 is 0 Å². The van der Waals surface area contributed by atoms with Gasteiger partial charge in [0.25, 0.3) is 12.3 Å². The van der Waals surface area contributed by atoms with Gasteiger partial charge in [0.05, 0.1) is 6.42 Å². The highest BCUT2D eigenvalue weighted by atomic mass is 32.2. The molecule has 0 bridgehead atoms. The molecule has 1 aliphatic carbocycles. The molecule has 1 saturated heterocycles. The van der Waals surface area contributed by atoms with Crippen LogP contribution in [0, 0.1) is 0 Å². The summed E-state index contributed by atoms with van der Waals surface area (Å²) in [5.74, 6) is -2.30. The van der Waals surface area contributed by atoms with Crippen LogP contribution in [0.4, 0.5) is 13.2 Å². The predicted molar refractivity (Wildman–Crippen MR) is 94.0 cm³/mol. The first-order valence-electron chi connectivity index (χ1n) is 8.55. The van der Waals surface area contributed by atoms with Crippen LogP contribution in [-0.2, 0) is 20.1 Å². The monoisotopic (exact) mass is 431 g/mol. The zero-order valence-corrected chi connectivity index (χ0v) is 15.7. The summed E-state index contributed by atoms with van der Waals surface area (Å²) in [4.78, 5) is 51.3. The summed E-state index contributed by atoms with van der Waals surface area (Å²) in [5, 5.41) is 0.603. The lowest BCUT2D eigenvalue weighted by atomic mass is 9.77. The Morgan fingerprint density at radius 3 is 2.45 bits per heavy atom. The number of thioether (sulfide) groups is 1. The first kappa shape index (κ1) is 21.1. The molecule has 0 radical (unpaired) electrons. The van der Waals surface area contributed by atoms with Gasteiger partial charge in [-0.25, -0.2) is 13.2 Å². The van der Waals surface area contributed by atoms with E-state index in [1.807, 2.05) is 0 Å². The maximum absolute atomic E-state index is 14.8. The van der Waals surface area contributed by atoms with Gasteiger partial charge in [-0.15, -0.1) is 0 Å². The van der Waals surface area contributed by atoms with Crippen LogP contribution in [0.1, 0.15) is 41.7 Å². The number of aromatic nitrogens is 1. The van der Waals surface area contributed by atoms with E-state index in [1.54, 1.807) is 0 Å². The third-order valence-corrected chi connectivity index (χ3v) is 5.81. The zero-order valence-electron chi connectivity index (χ0n) is 14.9. The molecule has 0 unspecified atom stereocenters. The number of nitrogens with two attached hydrogens (primary N) is 1. The summed E-state index contributed by atoms with van der Waals surface area (Å²) in [7, 11) is 0. The fourth-order valence-corrected chi connectivity index (χ4v) is 3.83. The van der Waals surface area contributed by atoms with Gasteiger partial charge < -0.3 is 15.8 Å². The summed E-state index contributed by atoms with van der Waals surface area (Å²) in [6.45, 7) is -1.02. The molecule has 29 heavy (non-hydrogen) atoms. The Morgan fingerprint density at radius 1 is 1.31 bits per heavy atom. The number of hydrogen-bond acceptors (Lipinski definition) is 7. The Balaban J connectivity index is 1.88. The molecule has 3 rings (SSSR count). The van der Waals surface area contributed by atoms with Crippen molar-refractivity contribution in [2.75, 3.05) is 6.61 Å². The van der Waals surface area contributed by atoms with Crippen LogP contribution in [-0.4, -0.2) is 45.6 Å². The molecule has 12 heteroatoms. The lowest BCUT2D eigenvalue weighted by molar-refractivity contribution is -0.134. The molecule has 156 valence electrons. The maximum Gasteiger partial charge on any atom is 0.272 e. The smallest absolute Gasteiger partial charge is 0.272 e. The van der Waals surface area contributed by atoms with Crippen molar-refractivity contribution in [3.63, 3.8) is 0 Å². The second-order valence-electron chi connectivity index (χ2n) is 6.77. The third kappa shape index (κ3) is 3.93. The Morgan fingerprint density at radius 2 is 1.97 bits per heavy atom. The van der Waals surface area contributed by atoms with Crippen molar-refractivity contribution in [3.8, 4) is 5.75 Å². The van der Waals surface area contributed by atoms with Crippen molar-refractivity contribution < 1.29 is 37.1 Å². The van der Waals surface area contributed by atoms with Gasteiger partial charge in [0.1, 0.15) is 23.7 Å². The Kier molecular flexibility index (Phi) is 5.57. The number of halogens is 3. The minimum Gasteiger partial charge on any atom is -0.487 e. The molecular formula is C17H16F3N3O5S. The molecule has 2 fully saturated rings. The number of carbonyl (C=O) groups is 4. The van der Waals surface area contributed by atoms with Crippen LogP contribution < -0.4 is 15.8 Å². The Hall–Kier alpha value is -2.63. The zero-order chi connectivity index (χ0) is 21.4. The minimum atomic E-state index is -2.83. The van der Waals surface area contributed by atoms with Crippen LogP contribution >= 0.6 is 11.8 Å². The number of carbonyl (C=O) groups excluding carboxylic acids is 4. The molecule has 2 heterocycles. The summed E-state index contributed by atoms with van der Waals surface area (Å²) in [5.41, 5.74) is 0.707. The van der Waals surface area contributed by atoms with E-state index in [4.69, 9.17) is 10.5 Å². The Labute approximate surface area is 166 Å². The maximum atomic E-state index is 14.8. The summed E-state index contributed by atoms with van der Waals surface area (Å²) >= 11 is 0.322. The number of pyridine rings is 1. The van der Waals surface area contributed by atoms with E-state index < -0.39 is 58.4 Å². The standard InChI is InChI=1S/C17H16F3N3O5S/c18-11(19)7-28-10-4-9(22-6-8(10)16(20)2-1-3-16)13(25)23-17(5-12(21)24)14(26)29-15(17)27/h4,6,11H,1-3,5,7H2,(H2,21,24)(H,23,25). The summed E-state index contributed by atoms with van der Waals surface area (Å²) < 4.78 is 44.9. The SMILES string of the molecule is NC(=O)CC1(NC(=O)c2cc(OCC(F)F)c(C3(F)CCC3)cn2)C(=O)SC1=O. The van der Waals surface area contributed by atoms with Crippen LogP contribution in [0.2, 0.25) is 0 Å². The van der Waals surface area contributed by atoms with Gasteiger partial charge in [0, 0.05) is 17.8 Å². The summed E-state index contributed by atoms with van der Waals surface area (Å²) in [6.07, 6.45) is -1.63. The molecule has 0 aromatic carbocycles. The first-order valence-corrected chi connectivity index (χ1v) is 9.37. The largest absolute Gasteiger partial charge is 0.487 e. The number of nitrogens with one attached hydrogen (secondary N) is 1. The van der Waals surface area contributed by atoms with Crippen LogP contribution in [0.15, 0.2) is 12.3 Å². The fourth-order valence-electron chi connectivity index (χ4n) is 3.03. The summed E-state index contributed by atoms with van der Waals surface area (Å²) in [6, 6.07) is 0.964. The van der Waals surface area contributed by atoms with Gasteiger partial charge in [-0.05, 0) is 31.0 Å². The van der Waals surface area contributed by atoms with E-state index in [0.29, 0.717) is 18.2 Å². The van der Waals surface area contributed by atoms with Crippen LogP contribution in [0.3, 0.4) is 0 Å². The minimum absolute atomic E-state index is 0.0563. The second kappa shape index (κ2) is 7.65. The highest BCUT2D eigenvalue weighted by molar-refractivity contribution is 8.30. The third-order valence-electron chi connectivity index (χ3n) is 4.74. The highest BCUT2D eigenvalue weighted by Crippen LogP contribution is 2.48. The van der Waals surface area contributed by atoms with Gasteiger partial charge in [-0.1, -0.05) is 0 Å². The lowest BCUT2D eigenvalue weighted by Crippen LogP contribution is -2.66. The molecule has 0 spiro atoms. The molecule has 2 aliphatic rings. The number of nitrogens with zero attached hydrogens (tertiary/aromatic N) is 1. The number of ether oxygens (including phenoxy) is 1. The van der Waals surface area contributed by atoms with E-state index in [1.165, 1.54) is 0 Å². The van der Waals surface area contributed by atoms with Crippen molar-refractivity contribution in [2.24, 2.45) is 5.73 Å². The van der Waals surface area contributed by atoms with E-state index in [9.17, 15) is 32.3 Å². The Bertz CT molecular complexity index is 877. The van der Waals surface area contributed by atoms with Gasteiger partial charge in [0.2, 0.25) is 16.1 Å². The molecule has 1 aromatic heterocycles. The number of rotatable bonds is 8. The lowest BCUT2D eigenvalue weighted by Gasteiger charge is -2.36. The van der Waals surface area contributed by atoms with E-state index in [2.05, 4.69) is 10.3 Å². The van der Waals surface area contributed by atoms with Crippen molar-refractivity contribution in [1.29, 1.82) is 0 Å². The second-order valence-corrected chi connectivity index (χ2v) is 7.71. The van der Waals surface area contributed by atoms with Crippen LogP contribution in [0.25, 0.3) is 0 Å². The molecule has 3 N–H and O–H groups in total. The van der Waals surface area contributed by atoms with Gasteiger partial charge in [-0.2, -0.15) is 0 Å². The van der Waals surface area contributed by atoms with Gasteiger partial charge in [-0.3, -0.25) is 24.2 Å². The normalized spacial score (nSPS) is 19.3. The predicted octanol–water partition coefficient (Wildman–Crippen LogP) is 1.22. The number of alkyl halides is 3. The first-order chi connectivity index (χ1) is 13.6. The van der Waals surface area contributed by atoms with Crippen molar-refractivity contribution in [3.05, 3.63) is 23.5 Å². The van der Waals surface area contributed by atoms with Crippen molar-refractivity contribution in [1.82, 2.24) is 10.3 Å². The van der Waals surface area contributed by atoms with Gasteiger partial charge >= 0.3 is 0 Å². The molecule has 2 amide bonds. The number of amides is 2. The number of primary amides is 1. The average molecular weight is 431 g/mol. The van der Waals surface area contributed by atoms with Crippen molar-refractivity contribution in [2.45, 2.75) is 43.3 Å². The number of hydrogen-bond donors (Lipinski definition) is 2. The topological polar surface area (TPSA) is 128 Å². The molecule has 1 saturated carbocycles. The molecule has 0 atom stereocenters. The molecule has 1 aliphatic heterocycles. The highest BCUT2D eigenvalue weighted by Gasteiger charge is 2.58. The fraction of sp³-hybridized carbons (Fsp3) is 0.471. The van der Waals surface area contributed by atoms with Crippen molar-refractivity contribution >= 4 is 33.8 Å². The van der Waals surface area contributed by atoms with Gasteiger partial charge in [0.15, 0.2) is 5.54 Å². The average Bonchev–Trinajstić information content (AvgIpc) is 2.63. The van der Waals surface area contributed by atoms with E-state index in [-0.39, 0.29) is 24.2 Å². The van der Waals surface area contributed by atoms with E-state index in [0.717, 1.165) is 12.3 Å². The molecule has 8 nitrogen and oxygen atoms in total. The molecular weight excluding hydrogens is 415 g/mol. The molecule has 1 aromatic rings. The van der Waals surface area contributed by atoms with Crippen LogP contribution in [0.5, 0.6) is 5.75 Å². The quantitative estimate of drug-likeness (QED) is 0.592.